The van der Waals surface area contributed by atoms with Crippen LogP contribution >= 0.6 is 15.9 Å². The van der Waals surface area contributed by atoms with Crippen LogP contribution in [0.15, 0.2) is 77.3 Å². The van der Waals surface area contributed by atoms with Gasteiger partial charge in [-0.2, -0.15) is 0 Å². The van der Waals surface area contributed by atoms with Crippen LogP contribution in [0.25, 0.3) is 0 Å². The largest absolute Gasteiger partial charge is 0.287 e. The summed E-state index contributed by atoms with van der Waals surface area (Å²) >= 11 is 3.53. The average molecular weight is 487 g/mol. The molecular weight excluding hydrogens is 464 g/mol. The first kappa shape index (κ1) is 19.9. The lowest BCUT2D eigenvalue weighted by Crippen LogP contribution is -2.44. The molecule has 2 fully saturated rings. The van der Waals surface area contributed by atoms with E-state index in [4.69, 9.17) is 0 Å². The molecule has 0 aliphatic carbocycles. The first-order valence-electron chi connectivity index (χ1n) is 11.1. The van der Waals surface area contributed by atoms with E-state index < -0.39 is 0 Å². The molecule has 0 aromatic heterocycles. The Labute approximate surface area is 196 Å². The Kier molecular flexibility index (Phi) is 4.60. The molecule has 0 N–H and O–H groups in total. The Morgan fingerprint density at radius 2 is 1.47 bits per heavy atom. The molecule has 4 atom stereocenters. The minimum atomic E-state index is -0.371. The molecule has 3 aromatic carbocycles. The number of imide groups is 1. The minimum absolute atomic E-state index is 0.0236. The molecule has 0 radical (unpaired) electrons. The third-order valence-electron chi connectivity index (χ3n) is 7.34. The molecule has 4 nitrogen and oxygen atoms in total. The van der Waals surface area contributed by atoms with E-state index in [2.05, 4.69) is 57.2 Å². The van der Waals surface area contributed by atoms with E-state index in [0.717, 1.165) is 28.6 Å². The Balaban J connectivity index is 1.47. The van der Waals surface area contributed by atoms with Gasteiger partial charge in [-0.05, 0) is 54.3 Å². The molecule has 0 unspecified atom stereocenters. The van der Waals surface area contributed by atoms with Crippen LogP contribution in [0.4, 0.5) is 5.69 Å². The van der Waals surface area contributed by atoms with Crippen molar-refractivity contribution in [3.8, 4) is 0 Å². The number of benzene rings is 3. The zero-order valence-electron chi connectivity index (χ0n) is 17.7. The van der Waals surface area contributed by atoms with Crippen molar-refractivity contribution in [2.75, 3.05) is 4.90 Å². The number of hydrogen-bond acceptors (Lipinski definition) is 3. The molecule has 3 aliphatic heterocycles. The Morgan fingerprint density at radius 1 is 0.812 bits per heavy atom. The van der Waals surface area contributed by atoms with Crippen LogP contribution < -0.4 is 4.90 Å². The lowest BCUT2D eigenvalue weighted by molar-refractivity contribution is -0.124. The summed E-state index contributed by atoms with van der Waals surface area (Å²) in [7, 11) is 0. The van der Waals surface area contributed by atoms with E-state index >= 15 is 0 Å². The smallest absolute Gasteiger partial charge is 0.239 e. The van der Waals surface area contributed by atoms with Gasteiger partial charge >= 0.3 is 0 Å². The van der Waals surface area contributed by atoms with Gasteiger partial charge in [0, 0.05) is 23.1 Å². The number of carbonyl (C=O) groups is 2. The van der Waals surface area contributed by atoms with Gasteiger partial charge in [0.25, 0.3) is 0 Å². The number of hydrogen-bond donors (Lipinski definition) is 0. The summed E-state index contributed by atoms with van der Waals surface area (Å²) in [6.45, 7) is 2.77. The number of aryl methyl sites for hydroxylation is 1. The standard InChI is InChI=1S/C27H23BrN2O2/c1-16-6-12-21(13-7-16)30-26(31)23-22-14-18-4-2-3-5-19(18)15-29(22)25(24(23)27(30)32)17-8-10-20(28)11-9-17/h2-13,22-25H,14-15H2,1H3/t22-,23+,24+,25-/m1/s1. The van der Waals surface area contributed by atoms with Gasteiger partial charge in [0.2, 0.25) is 11.8 Å². The van der Waals surface area contributed by atoms with Gasteiger partial charge in [0.15, 0.2) is 0 Å². The maximum atomic E-state index is 13.8. The predicted molar refractivity (Wildman–Crippen MR) is 127 cm³/mol. The summed E-state index contributed by atoms with van der Waals surface area (Å²) in [6.07, 6.45) is 0.797. The van der Waals surface area contributed by atoms with Gasteiger partial charge in [0.05, 0.1) is 17.5 Å². The van der Waals surface area contributed by atoms with Crippen molar-refractivity contribution in [2.24, 2.45) is 11.8 Å². The second-order valence-electron chi connectivity index (χ2n) is 9.11. The van der Waals surface area contributed by atoms with Crippen molar-refractivity contribution >= 4 is 33.4 Å². The highest BCUT2D eigenvalue weighted by Gasteiger charge is 2.63. The second kappa shape index (κ2) is 7.39. The number of carbonyl (C=O) groups excluding carboxylic acids is 2. The maximum Gasteiger partial charge on any atom is 0.239 e. The maximum absolute atomic E-state index is 13.8. The van der Waals surface area contributed by atoms with Gasteiger partial charge in [-0.25, -0.2) is 4.90 Å². The first-order valence-corrected chi connectivity index (χ1v) is 11.8. The van der Waals surface area contributed by atoms with E-state index in [1.807, 2.05) is 43.3 Å². The van der Waals surface area contributed by atoms with Crippen LogP contribution in [0.3, 0.4) is 0 Å². The van der Waals surface area contributed by atoms with E-state index in [9.17, 15) is 9.59 Å². The summed E-state index contributed by atoms with van der Waals surface area (Å²) < 4.78 is 1.01. The van der Waals surface area contributed by atoms with Gasteiger partial charge in [0.1, 0.15) is 0 Å². The highest BCUT2D eigenvalue weighted by Crippen LogP contribution is 2.53. The number of amides is 2. The molecule has 3 heterocycles. The van der Waals surface area contributed by atoms with Crippen LogP contribution in [-0.2, 0) is 22.6 Å². The molecule has 32 heavy (non-hydrogen) atoms. The van der Waals surface area contributed by atoms with E-state index in [1.165, 1.54) is 16.0 Å². The number of anilines is 1. The van der Waals surface area contributed by atoms with Crippen LogP contribution in [0.1, 0.15) is 28.3 Å². The lowest BCUT2D eigenvalue weighted by Gasteiger charge is -2.38. The predicted octanol–water partition coefficient (Wildman–Crippen LogP) is 5.04. The van der Waals surface area contributed by atoms with Crippen LogP contribution in [0.5, 0.6) is 0 Å². The third-order valence-corrected chi connectivity index (χ3v) is 7.87. The highest BCUT2D eigenvalue weighted by atomic mass is 79.9. The number of rotatable bonds is 2. The summed E-state index contributed by atoms with van der Waals surface area (Å²) in [4.78, 5) is 31.4. The molecule has 2 saturated heterocycles. The highest BCUT2D eigenvalue weighted by molar-refractivity contribution is 9.10. The molecule has 0 saturated carbocycles. The van der Waals surface area contributed by atoms with Crippen molar-refractivity contribution in [1.29, 1.82) is 0 Å². The van der Waals surface area contributed by atoms with Gasteiger partial charge in [-0.1, -0.05) is 70.0 Å². The summed E-state index contributed by atoms with van der Waals surface area (Å²) in [6, 6.07) is 24.3. The van der Waals surface area contributed by atoms with Crippen LogP contribution in [0, 0.1) is 18.8 Å². The topological polar surface area (TPSA) is 40.6 Å². The molecule has 0 spiro atoms. The van der Waals surface area contributed by atoms with E-state index in [1.54, 1.807) is 0 Å². The van der Waals surface area contributed by atoms with E-state index in [0.29, 0.717) is 5.69 Å². The zero-order valence-corrected chi connectivity index (χ0v) is 19.3. The molecule has 160 valence electrons. The molecule has 3 aromatic rings. The number of fused-ring (bicyclic) bond motifs is 4. The molecular formula is C27H23BrN2O2. The Hall–Kier alpha value is -2.76. The lowest BCUT2D eigenvalue weighted by atomic mass is 9.84. The fourth-order valence-corrected chi connectivity index (χ4v) is 6.13. The van der Waals surface area contributed by atoms with Crippen molar-refractivity contribution < 1.29 is 9.59 Å². The average Bonchev–Trinajstić information content (AvgIpc) is 3.26. The van der Waals surface area contributed by atoms with Crippen LogP contribution in [0.2, 0.25) is 0 Å². The Morgan fingerprint density at radius 3 is 2.19 bits per heavy atom. The fourth-order valence-electron chi connectivity index (χ4n) is 5.87. The van der Waals surface area contributed by atoms with Crippen molar-refractivity contribution in [3.05, 3.63) is 99.5 Å². The normalized spacial score (nSPS) is 26.8. The monoisotopic (exact) mass is 486 g/mol. The quantitative estimate of drug-likeness (QED) is 0.476. The van der Waals surface area contributed by atoms with Crippen molar-refractivity contribution in [3.63, 3.8) is 0 Å². The molecule has 6 rings (SSSR count). The van der Waals surface area contributed by atoms with Crippen molar-refractivity contribution in [1.82, 2.24) is 4.90 Å². The fraction of sp³-hybridized carbons (Fsp3) is 0.259. The van der Waals surface area contributed by atoms with Crippen molar-refractivity contribution in [2.45, 2.75) is 32.0 Å². The first-order chi connectivity index (χ1) is 15.5. The zero-order chi connectivity index (χ0) is 22.0. The summed E-state index contributed by atoms with van der Waals surface area (Å²) in [5, 5.41) is 0. The molecule has 2 amide bonds. The molecule has 0 bridgehead atoms. The van der Waals surface area contributed by atoms with Gasteiger partial charge < -0.3 is 0 Å². The SMILES string of the molecule is Cc1ccc(N2C(=O)[C@@H]3[C@H](C2=O)[C@@H](c2ccc(Br)cc2)N2Cc4ccccc4C[C@H]32)cc1. The number of nitrogens with zero attached hydrogens (tertiary/aromatic N) is 2. The number of halogens is 1. The molecule has 5 heteroatoms. The minimum Gasteiger partial charge on any atom is -0.287 e. The second-order valence-corrected chi connectivity index (χ2v) is 10.0. The summed E-state index contributed by atoms with van der Waals surface area (Å²) in [5.41, 5.74) is 5.46. The van der Waals surface area contributed by atoms with Gasteiger partial charge in [-0.15, -0.1) is 0 Å². The van der Waals surface area contributed by atoms with E-state index in [-0.39, 0.29) is 35.7 Å². The Bertz CT molecular complexity index is 1220. The summed E-state index contributed by atoms with van der Waals surface area (Å²) in [5.74, 6) is -0.830. The van der Waals surface area contributed by atoms with Crippen LogP contribution in [-0.4, -0.2) is 22.8 Å². The molecule has 3 aliphatic rings. The third kappa shape index (κ3) is 2.91. The van der Waals surface area contributed by atoms with Gasteiger partial charge in [-0.3, -0.25) is 14.5 Å².